The Balaban J connectivity index is 2.23. The Morgan fingerprint density at radius 2 is 1.84 bits per heavy atom. The van der Waals surface area contributed by atoms with Gasteiger partial charge in [0.1, 0.15) is 0 Å². The van der Waals surface area contributed by atoms with E-state index in [1.54, 1.807) is 11.3 Å². The number of aromatic nitrogens is 2. The van der Waals surface area contributed by atoms with Gasteiger partial charge in [-0.05, 0) is 33.1 Å². The molecule has 2 rings (SSSR count). The van der Waals surface area contributed by atoms with Crippen molar-refractivity contribution in [1.29, 1.82) is 0 Å². The minimum Gasteiger partial charge on any atom is -0.306 e. The van der Waals surface area contributed by atoms with Crippen LogP contribution in [0.5, 0.6) is 0 Å². The Hall–Kier alpha value is -0.870. The van der Waals surface area contributed by atoms with E-state index in [2.05, 4.69) is 55.5 Å². The average molecular weight is 279 g/mol. The molecule has 0 bridgehead atoms. The summed E-state index contributed by atoms with van der Waals surface area (Å²) in [6.07, 6.45) is 5.71. The summed E-state index contributed by atoms with van der Waals surface area (Å²) in [5.74, 6) is 0. The van der Waals surface area contributed by atoms with Crippen molar-refractivity contribution in [2.45, 2.75) is 66.0 Å². The Kier molecular flexibility index (Phi) is 4.31. The smallest absolute Gasteiger partial charge is 0.194 e. The first kappa shape index (κ1) is 14.5. The van der Waals surface area contributed by atoms with E-state index < -0.39 is 0 Å². The van der Waals surface area contributed by atoms with Crippen LogP contribution in [0.4, 0.5) is 0 Å². The molecule has 0 aliphatic heterocycles. The van der Waals surface area contributed by atoms with Gasteiger partial charge in [0.25, 0.3) is 0 Å². The molecule has 106 valence electrons. The van der Waals surface area contributed by atoms with E-state index in [0.29, 0.717) is 0 Å². The summed E-state index contributed by atoms with van der Waals surface area (Å²) in [6, 6.07) is 0. The van der Waals surface area contributed by atoms with E-state index in [1.165, 1.54) is 29.8 Å². The number of nitrogens with zero attached hydrogens (tertiary/aromatic N) is 2. The maximum Gasteiger partial charge on any atom is 0.194 e. The molecule has 0 amide bonds. The van der Waals surface area contributed by atoms with E-state index in [0.717, 1.165) is 17.2 Å². The molecule has 0 aliphatic carbocycles. The monoisotopic (exact) mass is 279 g/mol. The largest absolute Gasteiger partial charge is 0.306 e. The first-order valence-electron chi connectivity index (χ1n) is 7.24. The number of aryl methyl sites for hydroxylation is 2. The highest BCUT2D eigenvalue weighted by Crippen LogP contribution is 2.23. The average Bonchev–Trinajstić information content (AvgIpc) is 2.88. The van der Waals surface area contributed by atoms with Gasteiger partial charge < -0.3 is 5.32 Å². The second-order valence-electron chi connectivity index (χ2n) is 5.33. The lowest BCUT2D eigenvalue weighted by Crippen LogP contribution is -2.43. The van der Waals surface area contributed by atoms with Crippen molar-refractivity contribution >= 4 is 16.3 Å². The summed E-state index contributed by atoms with van der Waals surface area (Å²) in [4.78, 5) is 7.08. The van der Waals surface area contributed by atoms with Gasteiger partial charge in [0.15, 0.2) is 4.96 Å². The molecule has 2 aromatic rings. The van der Waals surface area contributed by atoms with Crippen molar-refractivity contribution in [3.63, 3.8) is 0 Å². The van der Waals surface area contributed by atoms with Gasteiger partial charge in [-0.3, -0.25) is 4.40 Å². The number of nitrogens with one attached hydrogen (secondary N) is 1. The van der Waals surface area contributed by atoms with Crippen LogP contribution < -0.4 is 5.32 Å². The van der Waals surface area contributed by atoms with Crippen molar-refractivity contribution < 1.29 is 0 Å². The van der Waals surface area contributed by atoms with Crippen LogP contribution in [-0.4, -0.2) is 14.9 Å². The summed E-state index contributed by atoms with van der Waals surface area (Å²) >= 11 is 1.76. The number of hydrogen-bond donors (Lipinski definition) is 1. The Morgan fingerprint density at radius 3 is 2.42 bits per heavy atom. The number of fused-ring (bicyclic) bond motifs is 1. The zero-order chi connectivity index (χ0) is 14.0. The maximum atomic E-state index is 4.65. The van der Waals surface area contributed by atoms with Gasteiger partial charge in [-0.2, -0.15) is 0 Å². The lowest BCUT2D eigenvalue weighted by molar-refractivity contribution is 0.286. The van der Waals surface area contributed by atoms with Crippen LogP contribution in [0, 0.1) is 13.8 Å². The normalized spacial score (nSPS) is 12.5. The van der Waals surface area contributed by atoms with Crippen molar-refractivity contribution in [2.24, 2.45) is 0 Å². The second kappa shape index (κ2) is 5.63. The summed E-state index contributed by atoms with van der Waals surface area (Å²) < 4.78 is 2.24. The molecular formula is C15H25N3S. The Morgan fingerprint density at radius 1 is 1.21 bits per heavy atom. The number of rotatable bonds is 6. The van der Waals surface area contributed by atoms with Crippen LogP contribution in [0.15, 0.2) is 6.20 Å². The predicted octanol–water partition coefficient (Wildman–Crippen LogP) is 4.07. The molecule has 0 saturated heterocycles. The van der Waals surface area contributed by atoms with Gasteiger partial charge in [0.05, 0.1) is 11.4 Å². The number of imidazole rings is 1. The molecule has 0 saturated carbocycles. The zero-order valence-electron chi connectivity index (χ0n) is 12.7. The standard InChI is InChI=1S/C15H25N3S/c1-6-15(7-2,8-3)16-9-13-12(5)17-14-18(13)10-11(4)19-14/h10,16H,6-9H2,1-5H3. The van der Waals surface area contributed by atoms with Crippen LogP contribution in [0.2, 0.25) is 0 Å². The fourth-order valence-electron chi connectivity index (χ4n) is 2.72. The van der Waals surface area contributed by atoms with Gasteiger partial charge in [-0.15, -0.1) is 11.3 Å². The molecule has 19 heavy (non-hydrogen) atoms. The summed E-state index contributed by atoms with van der Waals surface area (Å²) in [5, 5.41) is 3.77. The first-order valence-corrected chi connectivity index (χ1v) is 8.06. The van der Waals surface area contributed by atoms with Gasteiger partial charge in [-0.25, -0.2) is 4.98 Å². The third-order valence-corrected chi connectivity index (χ3v) is 5.30. The predicted molar refractivity (Wildman–Crippen MR) is 83.0 cm³/mol. The highest BCUT2D eigenvalue weighted by atomic mass is 32.1. The third-order valence-electron chi connectivity index (χ3n) is 4.40. The lowest BCUT2D eigenvalue weighted by Gasteiger charge is -2.32. The molecule has 2 aromatic heterocycles. The maximum absolute atomic E-state index is 4.65. The SMILES string of the molecule is CCC(CC)(CC)NCc1c(C)nc2sc(C)cn12. The van der Waals surface area contributed by atoms with Gasteiger partial charge in [-0.1, -0.05) is 20.8 Å². The van der Waals surface area contributed by atoms with Crippen LogP contribution >= 0.6 is 11.3 Å². The highest BCUT2D eigenvalue weighted by Gasteiger charge is 2.23. The molecule has 1 N–H and O–H groups in total. The van der Waals surface area contributed by atoms with Crippen LogP contribution in [0.1, 0.15) is 56.3 Å². The van der Waals surface area contributed by atoms with Crippen LogP contribution in [0.25, 0.3) is 4.96 Å². The van der Waals surface area contributed by atoms with Gasteiger partial charge in [0, 0.05) is 23.2 Å². The van der Waals surface area contributed by atoms with E-state index in [1.807, 2.05) is 0 Å². The summed E-state index contributed by atoms with van der Waals surface area (Å²) in [7, 11) is 0. The number of hydrogen-bond acceptors (Lipinski definition) is 3. The van der Waals surface area contributed by atoms with Crippen molar-refractivity contribution in [3.8, 4) is 0 Å². The van der Waals surface area contributed by atoms with E-state index in [4.69, 9.17) is 0 Å². The Bertz CT molecular complexity index is 541. The third kappa shape index (κ3) is 2.70. The lowest BCUT2D eigenvalue weighted by atomic mass is 9.90. The molecule has 2 heterocycles. The quantitative estimate of drug-likeness (QED) is 0.863. The van der Waals surface area contributed by atoms with E-state index in [-0.39, 0.29) is 5.54 Å². The summed E-state index contributed by atoms with van der Waals surface area (Å²) in [6.45, 7) is 12.0. The fraction of sp³-hybridized carbons (Fsp3) is 0.667. The molecule has 0 atom stereocenters. The molecule has 0 fully saturated rings. The summed E-state index contributed by atoms with van der Waals surface area (Å²) in [5.41, 5.74) is 2.72. The second-order valence-corrected chi connectivity index (χ2v) is 6.55. The van der Waals surface area contributed by atoms with Crippen molar-refractivity contribution in [1.82, 2.24) is 14.7 Å². The highest BCUT2D eigenvalue weighted by molar-refractivity contribution is 7.17. The van der Waals surface area contributed by atoms with E-state index >= 15 is 0 Å². The first-order chi connectivity index (χ1) is 9.05. The molecule has 0 radical (unpaired) electrons. The molecule has 3 nitrogen and oxygen atoms in total. The Labute approximate surface area is 120 Å². The minimum atomic E-state index is 0.266. The van der Waals surface area contributed by atoms with Crippen molar-refractivity contribution in [2.75, 3.05) is 0 Å². The number of thiazole rings is 1. The molecule has 0 aliphatic rings. The van der Waals surface area contributed by atoms with Gasteiger partial charge in [0.2, 0.25) is 0 Å². The molecule has 4 heteroatoms. The molecular weight excluding hydrogens is 254 g/mol. The molecule has 0 spiro atoms. The van der Waals surface area contributed by atoms with Gasteiger partial charge >= 0.3 is 0 Å². The van der Waals surface area contributed by atoms with E-state index in [9.17, 15) is 0 Å². The molecule has 0 aromatic carbocycles. The van der Waals surface area contributed by atoms with Crippen LogP contribution in [0.3, 0.4) is 0 Å². The van der Waals surface area contributed by atoms with Crippen LogP contribution in [-0.2, 0) is 6.54 Å². The minimum absolute atomic E-state index is 0.266. The topological polar surface area (TPSA) is 29.3 Å². The van der Waals surface area contributed by atoms with Crippen molar-refractivity contribution in [3.05, 3.63) is 22.5 Å². The molecule has 0 unspecified atom stereocenters. The zero-order valence-corrected chi connectivity index (χ0v) is 13.5. The fourth-order valence-corrected chi connectivity index (χ4v) is 3.61.